The van der Waals surface area contributed by atoms with Crippen molar-refractivity contribution >= 4 is 16.0 Å². The molecule has 0 radical (unpaired) electrons. The number of carbonyl (C=O) groups is 1. The van der Waals surface area contributed by atoms with Crippen LogP contribution in [0.15, 0.2) is 41.8 Å². The molecule has 22 heavy (non-hydrogen) atoms. The number of nitrogens with one attached hydrogen (secondary N) is 1. The lowest BCUT2D eigenvalue weighted by molar-refractivity contribution is 0.0696. The SMILES string of the molecule is CC(C)NS(=O)(=O)c1cc(C(=O)O)cc(-c2cncnc2)c1. The van der Waals surface area contributed by atoms with E-state index in [0.717, 1.165) is 6.07 Å². The summed E-state index contributed by atoms with van der Waals surface area (Å²) >= 11 is 0. The summed E-state index contributed by atoms with van der Waals surface area (Å²) in [7, 11) is -3.80. The molecule has 0 atom stereocenters. The van der Waals surface area contributed by atoms with E-state index in [1.807, 2.05) is 0 Å². The van der Waals surface area contributed by atoms with Crippen molar-refractivity contribution in [3.63, 3.8) is 0 Å². The molecule has 1 aromatic heterocycles. The van der Waals surface area contributed by atoms with Gasteiger partial charge in [-0.15, -0.1) is 0 Å². The molecule has 2 N–H and O–H groups in total. The fraction of sp³-hybridized carbons (Fsp3) is 0.214. The zero-order chi connectivity index (χ0) is 16.3. The average Bonchev–Trinajstić information content (AvgIpc) is 2.46. The minimum absolute atomic E-state index is 0.111. The molecule has 0 fully saturated rings. The van der Waals surface area contributed by atoms with Crippen LogP contribution in [-0.4, -0.2) is 35.5 Å². The number of hydrogen-bond donors (Lipinski definition) is 2. The van der Waals surface area contributed by atoms with Gasteiger partial charge in [0.05, 0.1) is 10.5 Å². The van der Waals surface area contributed by atoms with Crippen LogP contribution >= 0.6 is 0 Å². The van der Waals surface area contributed by atoms with E-state index in [0.29, 0.717) is 11.1 Å². The van der Waals surface area contributed by atoms with Crippen LogP contribution < -0.4 is 4.72 Å². The minimum Gasteiger partial charge on any atom is -0.478 e. The van der Waals surface area contributed by atoms with Gasteiger partial charge >= 0.3 is 5.97 Å². The molecule has 0 aliphatic rings. The van der Waals surface area contributed by atoms with Gasteiger partial charge in [-0.25, -0.2) is 27.9 Å². The van der Waals surface area contributed by atoms with Crippen molar-refractivity contribution < 1.29 is 18.3 Å². The third-order valence-corrected chi connectivity index (χ3v) is 4.39. The highest BCUT2D eigenvalue weighted by Gasteiger charge is 2.19. The van der Waals surface area contributed by atoms with E-state index in [1.165, 1.54) is 30.9 Å². The highest BCUT2D eigenvalue weighted by Crippen LogP contribution is 2.24. The highest BCUT2D eigenvalue weighted by molar-refractivity contribution is 7.89. The molecule has 116 valence electrons. The van der Waals surface area contributed by atoms with E-state index < -0.39 is 16.0 Å². The largest absolute Gasteiger partial charge is 0.478 e. The van der Waals surface area contributed by atoms with Gasteiger partial charge in [0.15, 0.2) is 0 Å². The Bertz CT molecular complexity index is 789. The molecular weight excluding hydrogens is 306 g/mol. The number of carboxylic acid groups (broad SMARTS) is 1. The molecule has 0 aliphatic heterocycles. The first-order chi connectivity index (χ1) is 10.3. The lowest BCUT2D eigenvalue weighted by atomic mass is 10.1. The van der Waals surface area contributed by atoms with E-state index in [2.05, 4.69) is 14.7 Å². The molecule has 2 rings (SSSR count). The first kappa shape index (κ1) is 16.1. The van der Waals surface area contributed by atoms with Gasteiger partial charge in [-0.1, -0.05) is 0 Å². The molecule has 7 nitrogen and oxygen atoms in total. The number of carboxylic acids is 1. The van der Waals surface area contributed by atoms with Crippen molar-refractivity contribution in [2.24, 2.45) is 0 Å². The molecule has 1 aromatic carbocycles. The normalized spacial score (nSPS) is 11.6. The van der Waals surface area contributed by atoms with Crippen molar-refractivity contribution in [2.75, 3.05) is 0 Å². The molecule has 0 bridgehead atoms. The Balaban J connectivity index is 2.61. The number of aromatic nitrogens is 2. The Morgan fingerprint density at radius 1 is 1.14 bits per heavy atom. The summed E-state index contributed by atoms with van der Waals surface area (Å²) in [5.74, 6) is -1.21. The van der Waals surface area contributed by atoms with Gasteiger partial charge in [-0.2, -0.15) is 0 Å². The number of hydrogen-bond acceptors (Lipinski definition) is 5. The van der Waals surface area contributed by atoms with Crippen molar-refractivity contribution in [1.29, 1.82) is 0 Å². The zero-order valence-electron chi connectivity index (χ0n) is 12.0. The fourth-order valence-electron chi connectivity index (χ4n) is 1.87. The summed E-state index contributed by atoms with van der Waals surface area (Å²) < 4.78 is 27.0. The third-order valence-electron chi connectivity index (χ3n) is 2.75. The van der Waals surface area contributed by atoms with Gasteiger partial charge in [-0.05, 0) is 37.6 Å². The first-order valence-corrected chi connectivity index (χ1v) is 7.94. The Labute approximate surface area is 128 Å². The number of benzene rings is 1. The fourth-order valence-corrected chi connectivity index (χ4v) is 3.19. The molecule has 0 saturated heterocycles. The van der Waals surface area contributed by atoms with Crippen LogP contribution in [-0.2, 0) is 10.0 Å². The van der Waals surface area contributed by atoms with Crippen molar-refractivity contribution in [3.8, 4) is 11.1 Å². The molecule has 0 aliphatic carbocycles. The maximum Gasteiger partial charge on any atom is 0.335 e. The number of aromatic carboxylic acids is 1. The van der Waals surface area contributed by atoms with Crippen LogP contribution in [0.25, 0.3) is 11.1 Å². The molecule has 0 saturated carbocycles. The molecule has 8 heteroatoms. The number of nitrogens with zero attached hydrogens (tertiary/aromatic N) is 2. The van der Waals surface area contributed by atoms with Crippen molar-refractivity contribution in [3.05, 3.63) is 42.5 Å². The molecule has 0 unspecified atom stereocenters. The predicted molar refractivity (Wildman–Crippen MR) is 79.9 cm³/mol. The first-order valence-electron chi connectivity index (χ1n) is 6.45. The van der Waals surface area contributed by atoms with Gasteiger partial charge in [0.2, 0.25) is 10.0 Å². The summed E-state index contributed by atoms with van der Waals surface area (Å²) in [6.07, 6.45) is 4.31. The van der Waals surface area contributed by atoms with Gasteiger partial charge in [0, 0.05) is 24.0 Å². The summed E-state index contributed by atoms with van der Waals surface area (Å²) in [6.45, 7) is 3.37. The third kappa shape index (κ3) is 3.66. The Kier molecular flexibility index (Phi) is 4.53. The zero-order valence-corrected chi connectivity index (χ0v) is 12.8. The van der Waals surface area contributed by atoms with Crippen LogP contribution in [0, 0.1) is 0 Å². The smallest absolute Gasteiger partial charge is 0.335 e. The summed E-state index contributed by atoms with van der Waals surface area (Å²) in [5.41, 5.74) is 0.835. The molecular formula is C14H15N3O4S. The lowest BCUT2D eigenvalue weighted by Gasteiger charge is -2.12. The monoisotopic (exact) mass is 321 g/mol. The molecule has 2 aromatic rings. The minimum atomic E-state index is -3.80. The molecule has 1 heterocycles. The summed E-state index contributed by atoms with van der Waals surface area (Å²) in [6, 6.07) is 3.60. The second-order valence-electron chi connectivity index (χ2n) is 4.95. The summed E-state index contributed by atoms with van der Waals surface area (Å²) in [4.78, 5) is 18.8. The van der Waals surface area contributed by atoms with Crippen molar-refractivity contribution in [2.45, 2.75) is 24.8 Å². The quantitative estimate of drug-likeness (QED) is 0.864. The van der Waals surface area contributed by atoms with Crippen LogP contribution in [0.5, 0.6) is 0 Å². The standard InChI is InChI=1S/C14H15N3O4S/c1-9(2)17-22(20,21)13-4-10(3-11(5-13)14(18)19)12-6-15-8-16-7-12/h3-9,17H,1-2H3,(H,18,19). The average molecular weight is 321 g/mol. The lowest BCUT2D eigenvalue weighted by Crippen LogP contribution is -2.30. The van der Waals surface area contributed by atoms with E-state index in [-0.39, 0.29) is 16.5 Å². The van der Waals surface area contributed by atoms with Crippen LogP contribution in [0.1, 0.15) is 24.2 Å². The van der Waals surface area contributed by atoms with E-state index in [1.54, 1.807) is 13.8 Å². The Hall–Kier alpha value is -2.32. The van der Waals surface area contributed by atoms with Crippen LogP contribution in [0.2, 0.25) is 0 Å². The van der Waals surface area contributed by atoms with Crippen LogP contribution in [0.3, 0.4) is 0 Å². The predicted octanol–water partition coefficient (Wildman–Crippen LogP) is 1.53. The Morgan fingerprint density at radius 3 is 2.32 bits per heavy atom. The van der Waals surface area contributed by atoms with Gasteiger partial charge in [-0.3, -0.25) is 0 Å². The second kappa shape index (κ2) is 6.20. The highest BCUT2D eigenvalue weighted by atomic mass is 32.2. The van der Waals surface area contributed by atoms with E-state index >= 15 is 0 Å². The number of rotatable bonds is 5. The Morgan fingerprint density at radius 2 is 1.77 bits per heavy atom. The number of sulfonamides is 1. The molecule has 0 spiro atoms. The van der Waals surface area contributed by atoms with Crippen LogP contribution in [0.4, 0.5) is 0 Å². The van der Waals surface area contributed by atoms with Gasteiger partial charge in [0.1, 0.15) is 6.33 Å². The van der Waals surface area contributed by atoms with Crippen molar-refractivity contribution in [1.82, 2.24) is 14.7 Å². The van der Waals surface area contributed by atoms with Gasteiger partial charge in [0.25, 0.3) is 0 Å². The maximum atomic E-state index is 12.3. The summed E-state index contributed by atoms with van der Waals surface area (Å²) in [5, 5.41) is 9.18. The van der Waals surface area contributed by atoms with E-state index in [4.69, 9.17) is 0 Å². The topological polar surface area (TPSA) is 109 Å². The van der Waals surface area contributed by atoms with Gasteiger partial charge < -0.3 is 5.11 Å². The maximum absolute atomic E-state index is 12.3. The second-order valence-corrected chi connectivity index (χ2v) is 6.67. The molecule has 0 amide bonds. The van der Waals surface area contributed by atoms with E-state index in [9.17, 15) is 18.3 Å².